The number of aromatic hydroxyl groups is 1. The van der Waals surface area contributed by atoms with Crippen molar-refractivity contribution in [3.8, 4) is 5.88 Å². The zero-order chi connectivity index (χ0) is 19.5. The molecule has 140 valence electrons. The first-order chi connectivity index (χ1) is 13.6. The van der Waals surface area contributed by atoms with E-state index in [1.165, 1.54) is 0 Å². The third kappa shape index (κ3) is 3.65. The maximum absolute atomic E-state index is 12.3. The van der Waals surface area contributed by atoms with Gasteiger partial charge >= 0.3 is 4.87 Å². The van der Waals surface area contributed by atoms with Crippen LogP contribution in [0.25, 0.3) is 11.6 Å². The molecule has 2 N–H and O–H groups in total. The van der Waals surface area contributed by atoms with Gasteiger partial charge < -0.3 is 10.4 Å². The lowest BCUT2D eigenvalue weighted by molar-refractivity contribution is -0.121. The van der Waals surface area contributed by atoms with Crippen LogP contribution in [0.4, 0.5) is 5.69 Å². The fourth-order valence-corrected chi connectivity index (χ4v) is 3.78. The summed E-state index contributed by atoms with van der Waals surface area (Å²) >= 11 is 0.898. The molecule has 4 rings (SSSR count). The van der Waals surface area contributed by atoms with E-state index in [0.29, 0.717) is 11.4 Å². The van der Waals surface area contributed by atoms with E-state index in [2.05, 4.69) is 10.3 Å². The van der Waals surface area contributed by atoms with Crippen molar-refractivity contribution in [3.05, 3.63) is 80.3 Å². The molecule has 1 amide bonds. The van der Waals surface area contributed by atoms with Gasteiger partial charge in [-0.15, -0.1) is 0 Å². The van der Waals surface area contributed by atoms with Crippen LogP contribution in [0, 0.1) is 0 Å². The minimum atomic E-state index is -0.387. The number of carbonyl (C=O) groups is 1. The highest BCUT2D eigenvalue weighted by Gasteiger charge is 2.18. The number of benzene rings is 2. The molecule has 1 aromatic heterocycles. The number of fused-ring (bicyclic) bond motifs is 1. The number of hydrogen-bond donors (Lipinski definition) is 2. The fraction of sp³-hybridized carbons (Fsp3) is 0.0952. The van der Waals surface area contributed by atoms with E-state index in [1.54, 1.807) is 12.3 Å². The largest absolute Gasteiger partial charge is 0.493 e. The van der Waals surface area contributed by atoms with E-state index < -0.39 is 0 Å². The Bertz CT molecular complexity index is 1140. The molecule has 2 aromatic carbocycles. The van der Waals surface area contributed by atoms with Crippen molar-refractivity contribution < 1.29 is 9.90 Å². The maximum atomic E-state index is 12.3. The topological polar surface area (TPSA) is 83.7 Å². The van der Waals surface area contributed by atoms with Crippen LogP contribution in [0.3, 0.4) is 0 Å². The summed E-state index contributed by atoms with van der Waals surface area (Å²) in [7, 11) is 0. The summed E-state index contributed by atoms with van der Waals surface area (Å²) in [6.45, 7) is 0.130. The van der Waals surface area contributed by atoms with Crippen molar-refractivity contribution >= 4 is 40.8 Å². The number of thiazole rings is 1. The Morgan fingerprint density at radius 2 is 1.89 bits per heavy atom. The predicted molar refractivity (Wildman–Crippen MR) is 111 cm³/mol. The summed E-state index contributed by atoms with van der Waals surface area (Å²) in [5.74, 6) is -0.554. The molecule has 0 saturated carbocycles. The summed E-state index contributed by atoms with van der Waals surface area (Å²) < 4.78 is 1.08. The molecule has 0 atom stereocenters. The monoisotopic (exact) mass is 391 g/mol. The highest BCUT2D eigenvalue weighted by Crippen LogP contribution is 2.34. The van der Waals surface area contributed by atoms with Gasteiger partial charge in [0.2, 0.25) is 11.8 Å². The van der Waals surface area contributed by atoms with Gasteiger partial charge in [0.05, 0.1) is 10.6 Å². The number of para-hydroxylation sites is 1. The van der Waals surface area contributed by atoms with Crippen molar-refractivity contribution in [3.63, 3.8) is 0 Å². The molecule has 0 unspecified atom stereocenters. The zero-order valence-electron chi connectivity index (χ0n) is 14.8. The van der Waals surface area contributed by atoms with Crippen LogP contribution in [-0.2, 0) is 17.9 Å². The lowest BCUT2D eigenvalue weighted by Gasteiger charge is -2.06. The first-order valence-corrected chi connectivity index (χ1v) is 9.52. The Morgan fingerprint density at radius 3 is 2.71 bits per heavy atom. The number of aromatic nitrogens is 1. The van der Waals surface area contributed by atoms with Crippen molar-refractivity contribution in [2.45, 2.75) is 13.1 Å². The molecule has 1 aliphatic rings. The van der Waals surface area contributed by atoms with Crippen LogP contribution in [0.1, 0.15) is 16.0 Å². The maximum Gasteiger partial charge on any atom is 0.311 e. The summed E-state index contributed by atoms with van der Waals surface area (Å²) in [4.78, 5) is 28.8. The van der Waals surface area contributed by atoms with Gasteiger partial charge in [-0.2, -0.15) is 0 Å². The van der Waals surface area contributed by atoms with Gasteiger partial charge in [-0.25, -0.2) is 0 Å². The number of rotatable bonds is 5. The molecular weight excluding hydrogens is 374 g/mol. The first kappa shape index (κ1) is 17.9. The van der Waals surface area contributed by atoms with Gasteiger partial charge in [0.15, 0.2) is 0 Å². The first-order valence-electron chi connectivity index (χ1n) is 8.70. The average Bonchev–Trinajstić information content (AvgIpc) is 3.24. The van der Waals surface area contributed by atoms with Crippen LogP contribution in [-0.4, -0.2) is 21.8 Å². The zero-order valence-corrected chi connectivity index (χ0v) is 15.6. The lowest BCUT2D eigenvalue weighted by Crippen LogP contribution is -2.29. The van der Waals surface area contributed by atoms with Gasteiger partial charge in [0, 0.05) is 23.9 Å². The Labute approximate surface area is 165 Å². The Kier molecular flexibility index (Phi) is 4.90. The van der Waals surface area contributed by atoms with Crippen LogP contribution in [0.2, 0.25) is 0 Å². The van der Waals surface area contributed by atoms with E-state index in [4.69, 9.17) is 0 Å². The summed E-state index contributed by atoms with van der Waals surface area (Å²) in [6.07, 6.45) is 3.42. The van der Waals surface area contributed by atoms with Crippen LogP contribution >= 0.6 is 11.3 Å². The van der Waals surface area contributed by atoms with Crippen LogP contribution < -0.4 is 10.2 Å². The number of nitrogens with zero attached hydrogens (tertiary/aromatic N) is 2. The van der Waals surface area contributed by atoms with Crippen molar-refractivity contribution in [2.75, 3.05) is 0 Å². The van der Waals surface area contributed by atoms with Gasteiger partial charge in [-0.1, -0.05) is 59.9 Å². The second-order valence-corrected chi connectivity index (χ2v) is 7.27. The summed E-state index contributed by atoms with van der Waals surface area (Å²) in [6, 6.07) is 17.1. The normalized spacial score (nSPS) is 13.6. The molecule has 0 aliphatic carbocycles. The second kappa shape index (κ2) is 7.66. The van der Waals surface area contributed by atoms with E-state index >= 15 is 0 Å². The Morgan fingerprint density at radius 1 is 1.14 bits per heavy atom. The fourth-order valence-electron chi connectivity index (χ4n) is 2.94. The standard InChI is InChI=1S/C21H17N3O3S/c25-19(23-11-14-6-2-1-3-7-14)13-24-20(26)18(28-21(24)27)10-15-12-22-17-9-5-4-8-16(15)17/h1-10,12,26H,11,13H2,(H,23,25)/b15-10+. The smallest absolute Gasteiger partial charge is 0.311 e. The second-order valence-electron chi connectivity index (χ2n) is 6.28. The number of aliphatic imine (C=N–C) groups is 1. The Balaban J connectivity index is 1.51. The number of allylic oxidation sites excluding steroid dienone is 1. The van der Waals surface area contributed by atoms with E-state index in [1.807, 2.05) is 54.6 Å². The molecule has 28 heavy (non-hydrogen) atoms. The molecule has 0 spiro atoms. The lowest BCUT2D eigenvalue weighted by atomic mass is 10.1. The molecule has 6 nitrogen and oxygen atoms in total. The third-order valence-electron chi connectivity index (χ3n) is 4.37. The summed E-state index contributed by atoms with van der Waals surface area (Å²) in [5.41, 5.74) is 3.56. The highest BCUT2D eigenvalue weighted by molar-refractivity contribution is 7.10. The van der Waals surface area contributed by atoms with E-state index in [0.717, 1.165) is 38.3 Å². The van der Waals surface area contributed by atoms with E-state index in [-0.39, 0.29) is 23.2 Å². The molecular formula is C21H17N3O3S. The minimum absolute atomic E-state index is 0.213. The number of hydrogen-bond acceptors (Lipinski definition) is 5. The molecule has 7 heteroatoms. The van der Waals surface area contributed by atoms with Crippen molar-refractivity contribution in [1.82, 2.24) is 9.88 Å². The van der Waals surface area contributed by atoms with Crippen LogP contribution in [0.15, 0.2) is 64.4 Å². The van der Waals surface area contributed by atoms with Gasteiger partial charge in [-0.05, 0) is 17.7 Å². The Hall–Kier alpha value is -3.45. The average molecular weight is 391 g/mol. The molecule has 0 bridgehead atoms. The molecule has 1 aliphatic heterocycles. The molecule has 0 radical (unpaired) electrons. The quantitative estimate of drug-likeness (QED) is 0.701. The number of carbonyl (C=O) groups excluding carboxylic acids is 1. The number of amides is 1. The van der Waals surface area contributed by atoms with Gasteiger partial charge in [0.25, 0.3) is 0 Å². The van der Waals surface area contributed by atoms with E-state index in [9.17, 15) is 14.7 Å². The van der Waals surface area contributed by atoms with Gasteiger partial charge in [0.1, 0.15) is 6.54 Å². The molecule has 2 heterocycles. The number of nitrogens with one attached hydrogen (secondary N) is 1. The predicted octanol–water partition coefficient (Wildman–Crippen LogP) is 3.19. The van der Waals surface area contributed by atoms with Crippen molar-refractivity contribution in [1.29, 1.82) is 0 Å². The van der Waals surface area contributed by atoms with Crippen molar-refractivity contribution in [2.24, 2.45) is 4.99 Å². The van der Waals surface area contributed by atoms with Gasteiger partial charge in [-0.3, -0.25) is 19.1 Å². The SMILES string of the molecule is O=C(Cn1c(O)c(/C=C2\C=Nc3ccccc32)sc1=O)NCc1ccccc1. The molecule has 0 fully saturated rings. The highest BCUT2D eigenvalue weighted by atomic mass is 32.1. The third-order valence-corrected chi connectivity index (χ3v) is 5.29. The molecule has 0 saturated heterocycles. The minimum Gasteiger partial charge on any atom is -0.493 e. The van der Waals surface area contributed by atoms with Crippen LogP contribution in [0.5, 0.6) is 5.88 Å². The molecule has 3 aromatic rings. The summed E-state index contributed by atoms with van der Waals surface area (Å²) in [5, 5.41) is 13.2.